The lowest BCUT2D eigenvalue weighted by Crippen LogP contribution is -2.11. The van der Waals surface area contributed by atoms with Crippen molar-refractivity contribution in [3.8, 4) is 34.1 Å². The lowest BCUT2D eigenvalue weighted by atomic mass is 9.89. The Morgan fingerprint density at radius 3 is 2.47 bits per heavy atom. The molecule has 5 rings (SSSR count). The zero-order chi connectivity index (χ0) is 22.5. The zero-order valence-corrected chi connectivity index (χ0v) is 18.0. The average molecular weight is 458 g/mol. The van der Waals surface area contributed by atoms with E-state index < -0.39 is 16.1 Å². The van der Waals surface area contributed by atoms with Crippen LogP contribution in [0.4, 0.5) is 0 Å². The summed E-state index contributed by atoms with van der Waals surface area (Å²) in [5.74, 6) is 1.52. The van der Waals surface area contributed by atoms with Gasteiger partial charge >= 0.3 is 5.97 Å². The summed E-state index contributed by atoms with van der Waals surface area (Å²) in [4.78, 5) is 12.7. The third kappa shape index (κ3) is 3.47. The molecule has 9 nitrogen and oxygen atoms in total. The van der Waals surface area contributed by atoms with Crippen LogP contribution in [0.3, 0.4) is 0 Å². The van der Waals surface area contributed by atoms with E-state index in [4.69, 9.17) is 27.9 Å². The number of hydrogen-bond donors (Lipinski definition) is 0. The SMILES string of the molecule is COC(=O)c1cc2ccc3c(c2c(-c2ccc4c(c2)OCO4)c1COS(C)(=O)=O)OCO3. The lowest BCUT2D eigenvalue weighted by Gasteiger charge is -2.18. The van der Waals surface area contributed by atoms with Gasteiger partial charge in [0.15, 0.2) is 23.0 Å². The minimum atomic E-state index is -3.80. The summed E-state index contributed by atoms with van der Waals surface area (Å²) in [6, 6.07) is 10.5. The molecule has 0 amide bonds. The number of hydrogen-bond acceptors (Lipinski definition) is 9. The number of carbonyl (C=O) groups excluding carboxylic acids is 1. The van der Waals surface area contributed by atoms with Crippen molar-refractivity contribution >= 4 is 26.9 Å². The highest BCUT2D eigenvalue weighted by Gasteiger charge is 2.28. The Morgan fingerprint density at radius 1 is 0.969 bits per heavy atom. The fourth-order valence-electron chi connectivity index (χ4n) is 3.87. The van der Waals surface area contributed by atoms with Crippen molar-refractivity contribution in [3.05, 3.63) is 47.5 Å². The summed E-state index contributed by atoms with van der Waals surface area (Å²) in [5, 5.41) is 1.34. The van der Waals surface area contributed by atoms with E-state index in [1.54, 1.807) is 36.4 Å². The smallest absolute Gasteiger partial charge is 0.338 e. The summed E-state index contributed by atoms with van der Waals surface area (Å²) in [5.41, 5.74) is 1.71. The first-order valence-electron chi connectivity index (χ1n) is 9.56. The normalized spacial score (nSPS) is 14.1. The molecule has 0 saturated carbocycles. The van der Waals surface area contributed by atoms with Crippen LogP contribution >= 0.6 is 0 Å². The van der Waals surface area contributed by atoms with E-state index in [0.29, 0.717) is 50.5 Å². The van der Waals surface area contributed by atoms with Crippen molar-refractivity contribution in [2.24, 2.45) is 0 Å². The number of benzene rings is 3. The average Bonchev–Trinajstić information content (AvgIpc) is 3.44. The molecule has 32 heavy (non-hydrogen) atoms. The number of esters is 1. The Kier molecular flexibility index (Phi) is 4.83. The van der Waals surface area contributed by atoms with Gasteiger partial charge in [0.2, 0.25) is 13.6 Å². The maximum absolute atomic E-state index is 12.7. The summed E-state index contributed by atoms with van der Waals surface area (Å²) < 4.78 is 55.9. The molecule has 0 spiro atoms. The van der Waals surface area contributed by atoms with Gasteiger partial charge in [-0.15, -0.1) is 0 Å². The highest BCUT2D eigenvalue weighted by atomic mass is 32.2. The van der Waals surface area contributed by atoms with Gasteiger partial charge in [-0.25, -0.2) is 4.79 Å². The first-order valence-corrected chi connectivity index (χ1v) is 11.4. The molecule has 0 N–H and O–H groups in total. The summed E-state index contributed by atoms with van der Waals surface area (Å²) >= 11 is 0. The van der Waals surface area contributed by atoms with E-state index in [9.17, 15) is 13.2 Å². The standard InChI is InChI=1S/C22H18O9S/c1-26-22(23)14-7-12-4-6-17-21(30-11-28-17)20(12)19(15(14)9-31-32(2,24)25)13-3-5-16-18(8-13)29-10-27-16/h3-8H,9-11H2,1-2H3. The molecule has 0 bridgehead atoms. The largest absolute Gasteiger partial charge is 0.465 e. The molecule has 3 aromatic rings. The van der Waals surface area contributed by atoms with Crippen molar-refractivity contribution in [2.75, 3.05) is 27.0 Å². The fourth-order valence-corrected chi connectivity index (χ4v) is 4.20. The summed E-state index contributed by atoms with van der Waals surface area (Å²) in [6.07, 6.45) is 0.945. The van der Waals surface area contributed by atoms with E-state index in [1.165, 1.54) is 7.11 Å². The molecule has 2 heterocycles. The second kappa shape index (κ2) is 7.57. The van der Waals surface area contributed by atoms with Gasteiger partial charge in [0.1, 0.15) is 0 Å². The van der Waals surface area contributed by atoms with Crippen LogP contribution in [0.25, 0.3) is 21.9 Å². The van der Waals surface area contributed by atoms with Crippen molar-refractivity contribution in [1.82, 2.24) is 0 Å². The first-order chi connectivity index (χ1) is 15.4. The highest BCUT2D eigenvalue weighted by Crippen LogP contribution is 2.48. The van der Waals surface area contributed by atoms with Crippen LogP contribution in [-0.4, -0.2) is 41.3 Å². The van der Waals surface area contributed by atoms with Crippen LogP contribution in [0, 0.1) is 0 Å². The topological polar surface area (TPSA) is 107 Å². The Labute approximate surface area is 183 Å². The quantitative estimate of drug-likeness (QED) is 0.421. The molecule has 0 unspecified atom stereocenters. The minimum absolute atomic E-state index is 0.0446. The third-order valence-corrected chi connectivity index (χ3v) is 5.78. The number of rotatable bonds is 5. The molecule has 0 aliphatic carbocycles. The van der Waals surface area contributed by atoms with Crippen LogP contribution in [0.2, 0.25) is 0 Å². The van der Waals surface area contributed by atoms with Gasteiger partial charge in [-0.05, 0) is 40.8 Å². The van der Waals surface area contributed by atoms with Crippen LogP contribution < -0.4 is 18.9 Å². The molecular weight excluding hydrogens is 440 g/mol. The molecule has 3 aromatic carbocycles. The first kappa shape index (κ1) is 20.4. The Morgan fingerprint density at radius 2 is 1.69 bits per heavy atom. The van der Waals surface area contributed by atoms with E-state index in [0.717, 1.165) is 6.26 Å². The molecular formula is C22H18O9S. The fraction of sp³-hybridized carbons (Fsp3) is 0.227. The molecule has 0 aromatic heterocycles. The van der Waals surface area contributed by atoms with E-state index in [-0.39, 0.29) is 25.8 Å². The Balaban J connectivity index is 1.86. The molecule has 10 heteroatoms. The summed E-state index contributed by atoms with van der Waals surface area (Å²) in [6.45, 7) is -0.241. The summed E-state index contributed by atoms with van der Waals surface area (Å²) in [7, 11) is -2.54. The van der Waals surface area contributed by atoms with Crippen LogP contribution in [0.15, 0.2) is 36.4 Å². The molecule has 2 aliphatic rings. The van der Waals surface area contributed by atoms with Gasteiger partial charge in [-0.3, -0.25) is 4.18 Å². The maximum Gasteiger partial charge on any atom is 0.338 e. The lowest BCUT2D eigenvalue weighted by molar-refractivity contribution is 0.0598. The highest BCUT2D eigenvalue weighted by molar-refractivity contribution is 7.85. The van der Waals surface area contributed by atoms with Gasteiger partial charge in [0, 0.05) is 10.9 Å². The molecule has 2 aliphatic heterocycles. The van der Waals surface area contributed by atoms with E-state index >= 15 is 0 Å². The van der Waals surface area contributed by atoms with Crippen LogP contribution in [0.1, 0.15) is 15.9 Å². The monoisotopic (exact) mass is 458 g/mol. The number of methoxy groups -OCH3 is 1. The predicted octanol–water partition coefficient (Wildman–Crippen LogP) is 3.23. The van der Waals surface area contributed by atoms with Crippen LogP contribution in [-0.2, 0) is 25.6 Å². The molecule has 166 valence electrons. The van der Waals surface area contributed by atoms with Gasteiger partial charge < -0.3 is 23.7 Å². The maximum atomic E-state index is 12.7. The molecule has 0 atom stereocenters. The second-order valence-corrected chi connectivity index (χ2v) is 8.85. The van der Waals surface area contributed by atoms with E-state index in [2.05, 4.69) is 0 Å². The Bertz CT molecular complexity index is 1360. The number of ether oxygens (including phenoxy) is 5. The van der Waals surface area contributed by atoms with Crippen molar-refractivity contribution in [3.63, 3.8) is 0 Å². The van der Waals surface area contributed by atoms with Gasteiger partial charge in [-0.1, -0.05) is 12.1 Å². The van der Waals surface area contributed by atoms with Crippen LogP contribution in [0.5, 0.6) is 23.0 Å². The van der Waals surface area contributed by atoms with Gasteiger partial charge in [0.05, 0.1) is 25.5 Å². The van der Waals surface area contributed by atoms with Crippen molar-refractivity contribution < 1.29 is 41.1 Å². The third-order valence-electron chi connectivity index (χ3n) is 5.23. The molecule has 0 radical (unpaired) electrons. The molecule has 0 fully saturated rings. The van der Waals surface area contributed by atoms with Crippen molar-refractivity contribution in [2.45, 2.75) is 6.61 Å². The number of carbonyl (C=O) groups is 1. The zero-order valence-electron chi connectivity index (χ0n) is 17.2. The minimum Gasteiger partial charge on any atom is -0.465 e. The second-order valence-electron chi connectivity index (χ2n) is 7.20. The molecule has 0 saturated heterocycles. The van der Waals surface area contributed by atoms with Crippen molar-refractivity contribution in [1.29, 1.82) is 0 Å². The predicted molar refractivity (Wildman–Crippen MR) is 113 cm³/mol. The van der Waals surface area contributed by atoms with Gasteiger partial charge in [-0.2, -0.15) is 8.42 Å². The van der Waals surface area contributed by atoms with E-state index in [1.807, 2.05) is 0 Å². The van der Waals surface area contributed by atoms with Gasteiger partial charge in [0.25, 0.3) is 10.1 Å². The Hall–Kier alpha value is -3.50. The number of fused-ring (bicyclic) bond motifs is 4.